The third-order valence-electron chi connectivity index (χ3n) is 2.48. The summed E-state index contributed by atoms with van der Waals surface area (Å²) in [6, 6.07) is 2.06. The first-order chi connectivity index (χ1) is 7.27. The van der Waals surface area contributed by atoms with Crippen molar-refractivity contribution in [3.05, 3.63) is 20.8 Å². The van der Waals surface area contributed by atoms with E-state index >= 15 is 0 Å². The summed E-state index contributed by atoms with van der Waals surface area (Å²) in [6.45, 7) is 2.42. The summed E-state index contributed by atoms with van der Waals surface area (Å²) >= 11 is 5.10. The molecule has 0 spiro atoms. The van der Waals surface area contributed by atoms with Gasteiger partial charge in [0.05, 0.1) is 6.54 Å². The largest absolute Gasteiger partial charge is 0.333 e. The van der Waals surface area contributed by atoms with Crippen LogP contribution in [0.3, 0.4) is 0 Å². The van der Waals surface area contributed by atoms with E-state index in [2.05, 4.69) is 21.2 Å². The minimum absolute atomic E-state index is 0.0628. The Kier molecular flexibility index (Phi) is 3.64. The highest BCUT2D eigenvalue weighted by atomic mass is 79.9. The summed E-state index contributed by atoms with van der Waals surface area (Å²) < 4.78 is 1.08. The summed E-state index contributed by atoms with van der Waals surface area (Å²) in [5.74, 6) is 0. The molecule has 0 atom stereocenters. The van der Waals surface area contributed by atoms with Crippen molar-refractivity contribution in [1.29, 1.82) is 0 Å². The van der Waals surface area contributed by atoms with Gasteiger partial charge in [0.15, 0.2) is 0 Å². The average Bonchev–Trinajstić information content (AvgIpc) is 2.85. The molecule has 1 aliphatic heterocycles. The number of likely N-dealkylation sites (tertiary alicyclic amines) is 1. The molecule has 1 aliphatic rings. The number of amides is 2. The van der Waals surface area contributed by atoms with Crippen LogP contribution in [0.4, 0.5) is 4.79 Å². The Bertz CT molecular complexity index is 347. The zero-order valence-corrected chi connectivity index (χ0v) is 10.7. The van der Waals surface area contributed by atoms with Crippen molar-refractivity contribution in [3.8, 4) is 0 Å². The maximum Gasteiger partial charge on any atom is 0.317 e. The van der Waals surface area contributed by atoms with Crippen LogP contribution in [0.2, 0.25) is 0 Å². The van der Waals surface area contributed by atoms with Gasteiger partial charge in [-0.25, -0.2) is 4.79 Å². The zero-order valence-electron chi connectivity index (χ0n) is 8.33. The van der Waals surface area contributed by atoms with Crippen molar-refractivity contribution in [1.82, 2.24) is 10.2 Å². The number of carbonyl (C=O) groups is 1. The van der Waals surface area contributed by atoms with Gasteiger partial charge in [0.1, 0.15) is 0 Å². The average molecular weight is 289 g/mol. The topological polar surface area (TPSA) is 32.3 Å². The quantitative estimate of drug-likeness (QED) is 0.892. The highest BCUT2D eigenvalue weighted by Gasteiger charge is 2.17. The summed E-state index contributed by atoms with van der Waals surface area (Å²) in [5, 5.41) is 4.95. The van der Waals surface area contributed by atoms with E-state index in [0.717, 1.165) is 30.4 Å². The molecule has 1 N–H and O–H groups in total. The molecule has 0 unspecified atom stereocenters. The van der Waals surface area contributed by atoms with E-state index in [4.69, 9.17) is 0 Å². The lowest BCUT2D eigenvalue weighted by molar-refractivity contribution is 0.208. The highest BCUT2D eigenvalue weighted by molar-refractivity contribution is 9.10. The number of hydrogen-bond acceptors (Lipinski definition) is 2. The fourth-order valence-electron chi connectivity index (χ4n) is 1.64. The van der Waals surface area contributed by atoms with Crippen LogP contribution in [0.1, 0.15) is 17.7 Å². The Labute approximate surface area is 102 Å². The third-order valence-corrected chi connectivity index (χ3v) is 4.41. The summed E-state index contributed by atoms with van der Waals surface area (Å²) in [6.07, 6.45) is 2.27. The van der Waals surface area contributed by atoms with Crippen molar-refractivity contribution in [2.24, 2.45) is 0 Å². The first kappa shape index (κ1) is 11.0. The van der Waals surface area contributed by atoms with E-state index in [0.29, 0.717) is 6.54 Å². The van der Waals surface area contributed by atoms with Crippen LogP contribution < -0.4 is 5.32 Å². The van der Waals surface area contributed by atoms with Crippen molar-refractivity contribution < 1.29 is 4.79 Å². The molecule has 0 aromatic carbocycles. The minimum atomic E-state index is 0.0628. The van der Waals surface area contributed by atoms with E-state index in [1.54, 1.807) is 11.3 Å². The SMILES string of the molecule is O=C(NCc1sccc1Br)N1CCCC1. The van der Waals surface area contributed by atoms with Gasteiger partial charge >= 0.3 is 6.03 Å². The molecule has 0 aliphatic carbocycles. The standard InChI is InChI=1S/C10H13BrN2OS/c11-8-3-6-15-9(8)7-12-10(14)13-4-1-2-5-13/h3,6H,1-2,4-5,7H2,(H,12,14). The van der Waals surface area contributed by atoms with Crippen LogP contribution in [0.15, 0.2) is 15.9 Å². The molecular weight excluding hydrogens is 276 g/mol. The molecule has 0 radical (unpaired) electrons. The Balaban J connectivity index is 1.83. The molecule has 2 amide bonds. The molecule has 1 aromatic heterocycles. The lowest BCUT2D eigenvalue weighted by atomic mass is 10.4. The van der Waals surface area contributed by atoms with Gasteiger partial charge in [-0.2, -0.15) is 0 Å². The Hall–Kier alpha value is -0.550. The van der Waals surface area contributed by atoms with Gasteiger partial charge in [-0.1, -0.05) is 0 Å². The molecule has 1 fully saturated rings. The van der Waals surface area contributed by atoms with Crippen LogP contribution in [0.25, 0.3) is 0 Å². The predicted octanol–water partition coefficient (Wildman–Crippen LogP) is 2.82. The van der Waals surface area contributed by atoms with E-state index in [1.165, 1.54) is 4.88 Å². The van der Waals surface area contributed by atoms with E-state index in [9.17, 15) is 4.79 Å². The fraction of sp³-hybridized carbons (Fsp3) is 0.500. The number of urea groups is 1. The first-order valence-corrected chi connectivity index (χ1v) is 6.69. The number of carbonyl (C=O) groups excluding carboxylic acids is 1. The monoisotopic (exact) mass is 288 g/mol. The van der Waals surface area contributed by atoms with Crippen LogP contribution in [0.5, 0.6) is 0 Å². The van der Waals surface area contributed by atoms with Gasteiger partial charge in [0, 0.05) is 22.4 Å². The van der Waals surface area contributed by atoms with E-state index in [-0.39, 0.29) is 6.03 Å². The molecule has 82 valence electrons. The second-order valence-corrected chi connectivity index (χ2v) is 5.40. The summed E-state index contributed by atoms with van der Waals surface area (Å²) in [5.41, 5.74) is 0. The van der Waals surface area contributed by atoms with Gasteiger partial charge in [-0.15, -0.1) is 11.3 Å². The number of halogens is 1. The maximum absolute atomic E-state index is 11.7. The minimum Gasteiger partial charge on any atom is -0.333 e. The number of thiophene rings is 1. The fourth-order valence-corrected chi connectivity index (χ4v) is 3.07. The van der Waals surface area contributed by atoms with Gasteiger partial charge in [0.2, 0.25) is 0 Å². The molecular formula is C10H13BrN2OS. The zero-order chi connectivity index (χ0) is 10.7. The number of nitrogens with zero attached hydrogens (tertiary/aromatic N) is 1. The second-order valence-electron chi connectivity index (χ2n) is 3.54. The lowest BCUT2D eigenvalue weighted by Crippen LogP contribution is -2.37. The highest BCUT2D eigenvalue weighted by Crippen LogP contribution is 2.22. The third kappa shape index (κ3) is 2.72. The molecule has 0 saturated carbocycles. The molecule has 15 heavy (non-hydrogen) atoms. The van der Waals surface area contributed by atoms with Crippen molar-refractivity contribution in [2.45, 2.75) is 19.4 Å². The Morgan fingerprint density at radius 3 is 2.87 bits per heavy atom. The predicted molar refractivity (Wildman–Crippen MR) is 65.1 cm³/mol. The molecule has 1 aromatic rings. The molecule has 5 heteroatoms. The van der Waals surface area contributed by atoms with Crippen molar-refractivity contribution >= 4 is 33.3 Å². The van der Waals surface area contributed by atoms with Gasteiger partial charge in [-0.3, -0.25) is 0 Å². The summed E-state index contributed by atoms with van der Waals surface area (Å²) in [4.78, 5) is 14.7. The second kappa shape index (κ2) is 4.99. The van der Waals surface area contributed by atoms with Crippen molar-refractivity contribution in [3.63, 3.8) is 0 Å². The Morgan fingerprint density at radius 1 is 1.53 bits per heavy atom. The van der Waals surface area contributed by atoms with E-state index in [1.807, 2.05) is 16.3 Å². The maximum atomic E-state index is 11.7. The molecule has 1 saturated heterocycles. The van der Waals surface area contributed by atoms with Crippen molar-refractivity contribution in [2.75, 3.05) is 13.1 Å². The molecule has 2 heterocycles. The van der Waals surface area contributed by atoms with Gasteiger partial charge in [0.25, 0.3) is 0 Å². The number of rotatable bonds is 2. The molecule has 2 rings (SSSR count). The van der Waals surface area contributed by atoms with Gasteiger partial charge < -0.3 is 10.2 Å². The van der Waals surface area contributed by atoms with Crippen LogP contribution in [-0.4, -0.2) is 24.0 Å². The number of nitrogens with one attached hydrogen (secondary N) is 1. The lowest BCUT2D eigenvalue weighted by Gasteiger charge is -2.15. The van der Waals surface area contributed by atoms with E-state index < -0.39 is 0 Å². The Morgan fingerprint density at radius 2 is 2.27 bits per heavy atom. The molecule has 3 nitrogen and oxygen atoms in total. The first-order valence-electron chi connectivity index (χ1n) is 5.02. The van der Waals surface area contributed by atoms with Crippen LogP contribution in [0, 0.1) is 0 Å². The number of hydrogen-bond donors (Lipinski definition) is 1. The van der Waals surface area contributed by atoms with Gasteiger partial charge in [-0.05, 0) is 40.2 Å². The van der Waals surface area contributed by atoms with Crippen LogP contribution >= 0.6 is 27.3 Å². The normalized spacial score (nSPS) is 15.7. The van der Waals surface area contributed by atoms with Crippen LogP contribution in [-0.2, 0) is 6.54 Å². The smallest absolute Gasteiger partial charge is 0.317 e. The summed E-state index contributed by atoms with van der Waals surface area (Å²) in [7, 11) is 0. The molecule has 0 bridgehead atoms.